The number of amides is 1. The van der Waals surface area contributed by atoms with Gasteiger partial charge >= 0.3 is 0 Å². The lowest BCUT2D eigenvalue weighted by Gasteiger charge is -2.26. The maximum atomic E-state index is 12.9. The molecule has 0 radical (unpaired) electrons. The Hall–Kier alpha value is -1.27. The predicted molar refractivity (Wildman–Crippen MR) is 99.4 cm³/mol. The molecule has 140 valence electrons. The first-order valence-electron chi connectivity index (χ1n) is 9.16. The fourth-order valence-corrected chi connectivity index (χ4v) is 3.80. The quantitative estimate of drug-likeness (QED) is 0.727. The maximum absolute atomic E-state index is 12.9. The molecule has 2 rings (SSSR count). The van der Waals surface area contributed by atoms with Gasteiger partial charge in [0.2, 0.25) is 5.91 Å². The average molecular weight is 367 g/mol. The Morgan fingerprint density at radius 1 is 1.28 bits per heavy atom. The smallest absolute Gasteiger partial charge is 0.223 e. The van der Waals surface area contributed by atoms with E-state index in [0.717, 1.165) is 22.7 Å². The van der Waals surface area contributed by atoms with Crippen molar-refractivity contribution >= 4 is 23.0 Å². The van der Waals surface area contributed by atoms with Crippen molar-refractivity contribution in [3.05, 3.63) is 16.1 Å². The zero-order chi connectivity index (χ0) is 18.7. The van der Waals surface area contributed by atoms with Gasteiger partial charge in [-0.2, -0.15) is 0 Å². The van der Waals surface area contributed by atoms with Gasteiger partial charge < -0.3 is 10.0 Å². The zero-order valence-electron chi connectivity index (χ0n) is 15.9. The van der Waals surface area contributed by atoms with Crippen molar-refractivity contribution in [2.24, 2.45) is 11.8 Å². The molecule has 1 fully saturated rings. The summed E-state index contributed by atoms with van der Waals surface area (Å²) >= 11 is 1.65. The van der Waals surface area contributed by atoms with Gasteiger partial charge in [-0.1, -0.05) is 27.7 Å². The van der Waals surface area contributed by atoms with Gasteiger partial charge in [0.1, 0.15) is 5.78 Å². The van der Waals surface area contributed by atoms with Gasteiger partial charge in [0.15, 0.2) is 0 Å². The van der Waals surface area contributed by atoms with Crippen LogP contribution >= 0.6 is 11.3 Å². The lowest BCUT2D eigenvalue weighted by Crippen LogP contribution is -2.38. The first-order chi connectivity index (χ1) is 11.7. The highest BCUT2D eigenvalue weighted by Crippen LogP contribution is 2.32. The number of aliphatic hydroxyl groups excluding tert-OH is 1. The summed E-state index contributed by atoms with van der Waals surface area (Å²) in [7, 11) is 0. The van der Waals surface area contributed by atoms with Crippen LogP contribution in [-0.4, -0.2) is 38.8 Å². The van der Waals surface area contributed by atoms with Gasteiger partial charge in [-0.05, 0) is 19.8 Å². The van der Waals surface area contributed by atoms with Crippen LogP contribution < -0.4 is 0 Å². The fourth-order valence-electron chi connectivity index (χ4n) is 2.88. The number of hydrogen-bond acceptors (Lipinski definition) is 5. The van der Waals surface area contributed by atoms with Crippen LogP contribution in [0.3, 0.4) is 0 Å². The number of Topliss-reactive ketones (excluding diaryl/α,β-unsaturated/α-hetero) is 1. The molecule has 1 saturated carbocycles. The molecule has 1 aliphatic carbocycles. The number of aromatic nitrogens is 1. The second-order valence-electron chi connectivity index (χ2n) is 7.68. The Labute approximate surface area is 154 Å². The van der Waals surface area contributed by atoms with E-state index in [1.54, 1.807) is 18.3 Å². The van der Waals surface area contributed by atoms with Gasteiger partial charge in [0.05, 0.1) is 23.6 Å². The highest BCUT2D eigenvalue weighted by molar-refractivity contribution is 7.11. The molecule has 1 aromatic rings. The van der Waals surface area contributed by atoms with E-state index in [-0.39, 0.29) is 30.1 Å². The molecule has 2 atom stereocenters. The second-order valence-corrected chi connectivity index (χ2v) is 8.83. The van der Waals surface area contributed by atoms with E-state index in [4.69, 9.17) is 0 Å². The van der Waals surface area contributed by atoms with E-state index in [2.05, 4.69) is 18.8 Å². The molecule has 6 heteroatoms. The summed E-state index contributed by atoms with van der Waals surface area (Å²) in [6.45, 7) is 9.99. The monoisotopic (exact) mass is 366 g/mol. The molecule has 0 saturated heterocycles. The number of carbonyl (C=O) groups is 2. The topological polar surface area (TPSA) is 70.5 Å². The van der Waals surface area contributed by atoms with Crippen molar-refractivity contribution in [1.29, 1.82) is 0 Å². The van der Waals surface area contributed by atoms with Crippen molar-refractivity contribution in [1.82, 2.24) is 9.88 Å². The maximum Gasteiger partial charge on any atom is 0.223 e. The minimum Gasteiger partial charge on any atom is -0.393 e. The Kier molecular flexibility index (Phi) is 6.74. The van der Waals surface area contributed by atoms with Gasteiger partial charge in [-0.15, -0.1) is 11.3 Å². The highest BCUT2D eigenvalue weighted by Gasteiger charge is 2.36. The minimum absolute atomic E-state index is 0.0399. The van der Waals surface area contributed by atoms with E-state index in [1.165, 1.54) is 0 Å². The molecule has 0 bridgehead atoms. The number of hydrogen-bond donors (Lipinski definition) is 1. The van der Waals surface area contributed by atoms with Crippen LogP contribution in [0.25, 0.3) is 0 Å². The Morgan fingerprint density at radius 2 is 1.92 bits per heavy atom. The number of thiazole rings is 1. The summed E-state index contributed by atoms with van der Waals surface area (Å²) in [5.74, 6) is -0.508. The van der Waals surface area contributed by atoms with Crippen LogP contribution in [0.5, 0.6) is 0 Å². The third kappa shape index (κ3) is 5.35. The Bertz CT molecular complexity index is 606. The second kappa shape index (κ2) is 8.41. The SMILES string of the molecule is CC(C)C(=O)C(CC(=O)N(Cc1cnc(C(C)C)s1)C1CC1)C(C)O. The van der Waals surface area contributed by atoms with Crippen LogP contribution in [0.1, 0.15) is 69.7 Å². The van der Waals surface area contributed by atoms with E-state index in [0.29, 0.717) is 12.5 Å². The van der Waals surface area contributed by atoms with E-state index >= 15 is 0 Å². The molecule has 25 heavy (non-hydrogen) atoms. The zero-order valence-corrected chi connectivity index (χ0v) is 16.7. The van der Waals surface area contributed by atoms with Crippen LogP contribution in [0.2, 0.25) is 0 Å². The average Bonchev–Trinajstić information content (AvgIpc) is 3.26. The molecule has 0 aromatic carbocycles. The summed E-state index contributed by atoms with van der Waals surface area (Å²) in [5, 5.41) is 11.0. The third-order valence-electron chi connectivity index (χ3n) is 4.61. The van der Waals surface area contributed by atoms with Crippen LogP contribution in [-0.2, 0) is 16.1 Å². The standard InChI is InChI=1S/C19H30N2O3S/c1-11(2)18(24)16(13(5)22)8-17(23)21(14-6-7-14)10-15-9-20-19(25-15)12(3)4/h9,11-14,16,22H,6-8,10H2,1-5H3. The molecule has 5 nitrogen and oxygen atoms in total. The lowest BCUT2D eigenvalue weighted by molar-refractivity contribution is -0.140. The molecular formula is C19H30N2O3S. The summed E-state index contributed by atoms with van der Waals surface area (Å²) in [5.41, 5.74) is 0. The molecule has 1 heterocycles. The fraction of sp³-hybridized carbons (Fsp3) is 0.737. The lowest BCUT2D eigenvalue weighted by atomic mass is 9.88. The Balaban J connectivity index is 2.08. The van der Waals surface area contributed by atoms with Crippen LogP contribution in [0.15, 0.2) is 6.20 Å². The van der Waals surface area contributed by atoms with Crippen molar-refractivity contribution in [3.8, 4) is 0 Å². The summed E-state index contributed by atoms with van der Waals surface area (Å²) in [6.07, 6.45) is 3.16. The molecule has 0 aliphatic heterocycles. The summed E-state index contributed by atoms with van der Waals surface area (Å²) in [4.78, 5) is 32.6. The summed E-state index contributed by atoms with van der Waals surface area (Å²) < 4.78 is 0. The highest BCUT2D eigenvalue weighted by atomic mass is 32.1. The summed E-state index contributed by atoms with van der Waals surface area (Å²) in [6, 6.07) is 0.265. The third-order valence-corrected chi connectivity index (χ3v) is 5.89. The van der Waals surface area contributed by atoms with Crippen LogP contribution in [0, 0.1) is 11.8 Å². The van der Waals surface area contributed by atoms with Gasteiger partial charge in [0.25, 0.3) is 0 Å². The number of ketones is 1. The molecular weight excluding hydrogens is 336 g/mol. The largest absolute Gasteiger partial charge is 0.393 e. The van der Waals surface area contributed by atoms with E-state index < -0.39 is 12.0 Å². The first-order valence-corrected chi connectivity index (χ1v) is 9.98. The van der Waals surface area contributed by atoms with Crippen molar-refractivity contribution in [3.63, 3.8) is 0 Å². The molecule has 1 amide bonds. The van der Waals surface area contributed by atoms with E-state index in [9.17, 15) is 14.7 Å². The first kappa shape index (κ1) is 20.0. The molecule has 1 N–H and O–H groups in total. The van der Waals surface area contributed by atoms with Gasteiger partial charge in [-0.25, -0.2) is 4.98 Å². The number of carbonyl (C=O) groups excluding carboxylic acids is 2. The van der Waals surface area contributed by atoms with Gasteiger partial charge in [-0.3, -0.25) is 9.59 Å². The molecule has 1 aliphatic rings. The minimum atomic E-state index is -0.809. The van der Waals surface area contributed by atoms with Crippen LogP contribution in [0.4, 0.5) is 0 Å². The van der Waals surface area contributed by atoms with E-state index in [1.807, 2.05) is 24.9 Å². The molecule has 0 spiro atoms. The normalized spacial score (nSPS) is 17.0. The number of aliphatic hydroxyl groups is 1. The van der Waals surface area contributed by atoms with Crippen molar-refractivity contribution < 1.29 is 14.7 Å². The predicted octanol–water partition coefficient (Wildman–Crippen LogP) is 3.37. The molecule has 2 unspecified atom stereocenters. The van der Waals surface area contributed by atoms with Gasteiger partial charge in [0, 0.05) is 35.4 Å². The Morgan fingerprint density at radius 3 is 2.36 bits per heavy atom. The van der Waals surface area contributed by atoms with Crippen molar-refractivity contribution in [2.45, 2.75) is 78.5 Å². The van der Waals surface area contributed by atoms with Crippen molar-refractivity contribution in [2.75, 3.05) is 0 Å². The number of rotatable bonds is 9. The molecule has 1 aromatic heterocycles. The number of nitrogens with zero attached hydrogens (tertiary/aromatic N) is 2.